The van der Waals surface area contributed by atoms with Crippen LogP contribution in [0.5, 0.6) is 5.75 Å². The minimum absolute atomic E-state index is 0.146. The maximum atomic E-state index is 13.1. The molecule has 2 N–H and O–H groups in total. The van der Waals surface area contributed by atoms with E-state index in [2.05, 4.69) is 10.6 Å². The highest BCUT2D eigenvalue weighted by atomic mass is 35.5. The molecule has 2 aromatic carbocycles. The Labute approximate surface area is 246 Å². The van der Waals surface area contributed by atoms with Crippen molar-refractivity contribution in [2.75, 3.05) is 10.6 Å². The number of carbonyl (C=O) groups is 2. The van der Waals surface area contributed by atoms with E-state index < -0.39 is 15.1 Å². The molecule has 0 unspecified atom stereocenters. The molecule has 2 amide bonds. The van der Waals surface area contributed by atoms with Crippen molar-refractivity contribution in [3.8, 4) is 5.75 Å². The number of fused-ring (bicyclic) bond motifs is 1. The topological polar surface area (TPSA) is 117 Å². The lowest BCUT2D eigenvalue weighted by atomic mass is 10.1. The molecular weight excluding hydrogens is 564 g/mol. The average molecular weight is 599 g/mol. The molecule has 41 heavy (non-hydrogen) atoms. The van der Waals surface area contributed by atoms with Crippen LogP contribution in [0.3, 0.4) is 0 Å². The van der Waals surface area contributed by atoms with E-state index in [1.807, 2.05) is 19.9 Å². The molecule has 0 saturated heterocycles. The molecule has 4 rings (SSSR count). The number of anilines is 2. The first-order chi connectivity index (χ1) is 19.4. The van der Waals surface area contributed by atoms with Crippen molar-refractivity contribution in [2.45, 2.75) is 76.7 Å². The summed E-state index contributed by atoms with van der Waals surface area (Å²) in [6, 6.07) is 10.1. The molecule has 2 aliphatic rings. The second-order valence-electron chi connectivity index (χ2n) is 10.5. The Morgan fingerprint density at radius 3 is 2.51 bits per heavy atom. The lowest BCUT2D eigenvalue weighted by Crippen LogP contribution is -2.28. The minimum Gasteiger partial charge on any atom is -0.489 e. The zero-order chi connectivity index (χ0) is 29.9. The fourth-order valence-electron chi connectivity index (χ4n) is 4.47. The second kappa shape index (κ2) is 12.5. The van der Waals surface area contributed by atoms with Gasteiger partial charge in [-0.15, -0.1) is 0 Å². The average Bonchev–Trinajstić information content (AvgIpc) is 3.26. The Morgan fingerprint density at radius 2 is 1.83 bits per heavy atom. The molecule has 9 nitrogen and oxygen atoms in total. The van der Waals surface area contributed by atoms with Gasteiger partial charge >= 0.3 is 0 Å². The molecule has 218 valence electrons. The van der Waals surface area contributed by atoms with Crippen LogP contribution in [-0.2, 0) is 21.2 Å². The summed E-state index contributed by atoms with van der Waals surface area (Å²) < 4.78 is 32.2. The van der Waals surface area contributed by atoms with Crippen LogP contribution < -0.4 is 15.4 Å². The number of allylic oxidation sites excluding steroid dienone is 3. The van der Waals surface area contributed by atoms with Crippen LogP contribution in [0.25, 0.3) is 0 Å². The third-order valence-electron chi connectivity index (χ3n) is 6.62. The Kier molecular flexibility index (Phi) is 9.24. The van der Waals surface area contributed by atoms with E-state index in [4.69, 9.17) is 21.3 Å². The van der Waals surface area contributed by atoms with Crippen molar-refractivity contribution in [2.24, 2.45) is 4.99 Å². The van der Waals surface area contributed by atoms with Crippen molar-refractivity contribution in [3.05, 3.63) is 70.5 Å². The highest BCUT2D eigenvalue weighted by Crippen LogP contribution is 2.35. The van der Waals surface area contributed by atoms with Gasteiger partial charge in [-0.1, -0.05) is 29.8 Å². The number of imide groups is 1. The summed E-state index contributed by atoms with van der Waals surface area (Å²) in [7, 11) is -3.59. The van der Waals surface area contributed by atoms with Crippen molar-refractivity contribution in [1.82, 2.24) is 4.90 Å². The zero-order valence-corrected chi connectivity index (χ0v) is 25.4. The van der Waals surface area contributed by atoms with Gasteiger partial charge in [0.2, 0.25) is 5.91 Å². The molecule has 0 aliphatic carbocycles. The summed E-state index contributed by atoms with van der Waals surface area (Å²) in [5, 5.41) is 6.17. The number of ether oxygens (including phenoxy) is 1. The highest BCUT2D eigenvalue weighted by Gasteiger charge is 2.32. The van der Waals surface area contributed by atoms with Gasteiger partial charge in [0, 0.05) is 18.9 Å². The predicted molar refractivity (Wildman–Crippen MR) is 162 cm³/mol. The van der Waals surface area contributed by atoms with Gasteiger partial charge in [0.05, 0.1) is 39.2 Å². The number of amidine groups is 1. The maximum absolute atomic E-state index is 13.1. The van der Waals surface area contributed by atoms with Gasteiger partial charge < -0.3 is 15.4 Å². The lowest BCUT2D eigenvalue weighted by Gasteiger charge is -2.19. The quantitative estimate of drug-likeness (QED) is 0.388. The largest absolute Gasteiger partial charge is 0.489 e. The van der Waals surface area contributed by atoms with Crippen LogP contribution in [0.1, 0.15) is 69.8 Å². The standard InChI is InChI=1S/C30H35ClN4O5S/c1-18(2)40-26-15-21-17-35(20(5)36)30(37)22(21)16-25(26)32-28-14-8-6-7-11-23(31)29(34-28)33-24-12-9-10-13-27(24)41(38,39)19(3)4/h7,9-13,15-16,18-19,33H,6,8,14,17H2,1-5H3,(H,32,34)/b11-7-,29-23+. The Bertz CT molecular complexity index is 1560. The molecule has 0 fully saturated rings. The van der Waals surface area contributed by atoms with E-state index in [9.17, 15) is 18.0 Å². The summed E-state index contributed by atoms with van der Waals surface area (Å²) in [5.74, 6) is 0.651. The minimum atomic E-state index is -3.59. The number of amides is 2. The second-order valence-corrected chi connectivity index (χ2v) is 13.4. The first kappa shape index (κ1) is 30.3. The van der Waals surface area contributed by atoms with Crippen LogP contribution >= 0.6 is 11.6 Å². The van der Waals surface area contributed by atoms with Crippen molar-refractivity contribution < 1.29 is 22.7 Å². The molecular formula is C30H35ClN4O5S. The summed E-state index contributed by atoms with van der Waals surface area (Å²) in [6.07, 6.45) is 5.59. The van der Waals surface area contributed by atoms with E-state index in [0.29, 0.717) is 45.5 Å². The van der Waals surface area contributed by atoms with Crippen LogP contribution in [0.2, 0.25) is 0 Å². The number of benzene rings is 2. The first-order valence-electron chi connectivity index (χ1n) is 13.5. The molecule has 0 aromatic heterocycles. The molecule has 0 saturated carbocycles. The molecule has 2 heterocycles. The molecule has 0 bridgehead atoms. The van der Waals surface area contributed by atoms with Crippen LogP contribution in [0, 0.1) is 0 Å². The lowest BCUT2D eigenvalue weighted by molar-refractivity contribution is -0.126. The van der Waals surface area contributed by atoms with Gasteiger partial charge in [-0.2, -0.15) is 0 Å². The van der Waals surface area contributed by atoms with E-state index in [0.717, 1.165) is 12.8 Å². The van der Waals surface area contributed by atoms with Crippen LogP contribution in [0.4, 0.5) is 11.4 Å². The number of carbonyl (C=O) groups excluding carboxylic acids is 2. The molecule has 0 atom stereocenters. The van der Waals surface area contributed by atoms with E-state index >= 15 is 0 Å². The summed E-state index contributed by atoms with van der Waals surface area (Å²) in [4.78, 5) is 31.1. The fourth-order valence-corrected chi connectivity index (χ4v) is 5.85. The van der Waals surface area contributed by atoms with Crippen molar-refractivity contribution in [3.63, 3.8) is 0 Å². The SMILES string of the molecule is CC(=O)N1Cc2cc(OC(C)C)c(N/C3=N/C(Nc4ccccc4S(=O)(=O)C(C)C)=C(Cl)\C=C/CCC3)cc2C1=O. The monoisotopic (exact) mass is 598 g/mol. The number of hydrogen-bond acceptors (Lipinski definition) is 8. The molecule has 11 heteroatoms. The third-order valence-corrected chi connectivity index (χ3v) is 9.14. The number of halogens is 1. The van der Waals surface area contributed by atoms with Crippen molar-refractivity contribution in [1.29, 1.82) is 0 Å². The number of sulfone groups is 1. The van der Waals surface area contributed by atoms with Crippen LogP contribution in [-0.4, -0.2) is 42.3 Å². The Balaban J connectivity index is 1.76. The normalized spacial score (nSPS) is 19.7. The Morgan fingerprint density at radius 1 is 1.10 bits per heavy atom. The molecule has 0 radical (unpaired) electrons. The zero-order valence-electron chi connectivity index (χ0n) is 23.8. The molecule has 0 spiro atoms. The number of hydrogen-bond donors (Lipinski definition) is 2. The fraction of sp³-hybridized carbons (Fsp3) is 0.367. The summed E-state index contributed by atoms with van der Waals surface area (Å²) >= 11 is 6.66. The Hall–Kier alpha value is -3.63. The van der Waals surface area contributed by atoms with E-state index in [1.54, 1.807) is 56.3 Å². The predicted octanol–water partition coefficient (Wildman–Crippen LogP) is 6.23. The third kappa shape index (κ3) is 6.82. The number of rotatable bonds is 7. The van der Waals surface area contributed by atoms with Gasteiger partial charge in [0.15, 0.2) is 15.7 Å². The first-order valence-corrected chi connectivity index (χ1v) is 15.5. The van der Waals surface area contributed by atoms with Gasteiger partial charge in [-0.25, -0.2) is 13.4 Å². The van der Waals surface area contributed by atoms with Crippen molar-refractivity contribution >= 4 is 50.5 Å². The summed E-state index contributed by atoms with van der Waals surface area (Å²) in [5.41, 5.74) is 2.02. The van der Waals surface area contributed by atoms with Gasteiger partial charge in [-0.05, 0) is 76.4 Å². The van der Waals surface area contributed by atoms with E-state index in [1.165, 1.54) is 11.8 Å². The van der Waals surface area contributed by atoms with Gasteiger partial charge in [0.25, 0.3) is 5.91 Å². The maximum Gasteiger partial charge on any atom is 0.261 e. The van der Waals surface area contributed by atoms with Gasteiger partial charge in [-0.3, -0.25) is 14.5 Å². The van der Waals surface area contributed by atoms with Gasteiger partial charge in [0.1, 0.15) is 11.6 Å². The number of nitrogens with one attached hydrogen (secondary N) is 2. The smallest absolute Gasteiger partial charge is 0.261 e. The molecule has 2 aromatic rings. The number of aliphatic imine (C=N–C) groups is 1. The number of nitrogens with zero attached hydrogens (tertiary/aromatic N) is 2. The number of para-hydroxylation sites is 1. The highest BCUT2D eigenvalue weighted by molar-refractivity contribution is 7.92. The molecule has 2 aliphatic heterocycles. The van der Waals surface area contributed by atoms with E-state index in [-0.39, 0.29) is 35.2 Å². The summed E-state index contributed by atoms with van der Waals surface area (Å²) in [6.45, 7) is 8.63. The van der Waals surface area contributed by atoms with Crippen LogP contribution in [0.15, 0.2) is 69.3 Å².